The summed E-state index contributed by atoms with van der Waals surface area (Å²) in [6, 6.07) is 7.06. The summed E-state index contributed by atoms with van der Waals surface area (Å²) < 4.78 is 4.93. The van der Waals surface area contributed by atoms with E-state index in [9.17, 15) is 4.79 Å². The predicted octanol–water partition coefficient (Wildman–Crippen LogP) is 1.80. The minimum Gasteiger partial charge on any atom is -0.462 e. The highest BCUT2D eigenvalue weighted by atomic mass is 16.5. The second kappa shape index (κ2) is 6.50. The van der Waals surface area contributed by atoms with Crippen molar-refractivity contribution in [2.24, 2.45) is 0 Å². The summed E-state index contributed by atoms with van der Waals surface area (Å²) in [6.45, 7) is 2.66. The number of nitrogens with zero attached hydrogens (tertiary/aromatic N) is 2. The van der Waals surface area contributed by atoms with E-state index in [1.165, 1.54) is 0 Å². The van der Waals surface area contributed by atoms with Gasteiger partial charge < -0.3 is 15.4 Å². The summed E-state index contributed by atoms with van der Waals surface area (Å²) in [6.07, 6.45) is 0.402. The number of nitrogen functional groups attached to an aromatic ring is 1. The first-order valence-electron chi connectivity index (χ1n) is 5.74. The van der Waals surface area contributed by atoms with Gasteiger partial charge in [0.05, 0.1) is 36.0 Å². The van der Waals surface area contributed by atoms with Gasteiger partial charge in [0.2, 0.25) is 0 Å². The molecule has 0 amide bonds. The monoisotopic (exact) mass is 247 g/mol. The van der Waals surface area contributed by atoms with Crippen LogP contribution < -0.4 is 10.6 Å². The van der Waals surface area contributed by atoms with Crippen molar-refractivity contribution in [2.75, 3.05) is 30.8 Å². The van der Waals surface area contributed by atoms with Gasteiger partial charge in [-0.3, -0.25) is 0 Å². The lowest BCUT2D eigenvalue weighted by Crippen LogP contribution is -2.20. The lowest BCUT2D eigenvalue weighted by molar-refractivity contribution is 0.0526. The number of ether oxygens (including phenoxy) is 1. The molecule has 0 aromatic heterocycles. The molecule has 2 N–H and O–H groups in total. The zero-order valence-electron chi connectivity index (χ0n) is 10.6. The number of benzene rings is 1. The van der Waals surface area contributed by atoms with Crippen LogP contribution in [0.5, 0.6) is 0 Å². The molecule has 18 heavy (non-hydrogen) atoms. The molecule has 0 aliphatic rings. The van der Waals surface area contributed by atoms with Gasteiger partial charge in [0, 0.05) is 13.6 Å². The molecule has 5 nitrogen and oxygen atoms in total. The van der Waals surface area contributed by atoms with Gasteiger partial charge in [-0.25, -0.2) is 4.79 Å². The van der Waals surface area contributed by atoms with Gasteiger partial charge in [-0.15, -0.1) is 0 Å². The highest BCUT2D eigenvalue weighted by Gasteiger charge is 2.11. The van der Waals surface area contributed by atoms with Crippen LogP contribution in [-0.2, 0) is 4.74 Å². The molecule has 0 fully saturated rings. The van der Waals surface area contributed by atoms with Gasteiger partial charge in [-0.1, -0.05) is 0 Å². The fourth-order valence-electron chi connectivity index (χ4n) is 1.55. The molecule has 0 saturated carbocycles. The molecule has 0 unspecified atom stereocenters. The first kappa shape index (κ1) is 13.8. The van der Waals surface area contributed by atoms with Crippen molar-refractivity contribution in [3.05, 3.63) is 23.8 Å². The van der Waals surface area contributed by atoms with Crippen LogP contribution in [0, 0.1) is 11.3 Å². The molecular formula is C13H17N3O2. The van der Waals surface area contributed by atoms with E-state index in [0.717, 1.165) is 5.69 Å². The average molecular weight is 247 g/mol. The summed E-state index contributed by atoms with van der Waals surface area (Å²) in [5.41, 5.74) is 7.63. The smallest absolute Gasteiger partial charge is 0.338 e. The van der Waals surface area contributed by atoms with Crippen LogP contribution in [0.4, 0.5) is 11.4 Å². The number of esters is 1. The molecule has 0 radical (unpaired) electrons. The molecule has 5 heteroatoms. The van der Waals surface area contributed by atoms with Crippen LogP contribution in [0.2, 0.25) is 0 Å². The van der Waals surface area contributed by atoms with Crippen LogP contribution >= 0.6 is 0 Å². The molecule has 1 rings (SSSR count). The average Bonchev–Trinajstić information content (AvgIpc) is 2.36. The quantitative estimate of drug-likeness (QED) is 0.634. The van der Waals surface area contributed by atoms with Crippen molar-refractivity contribution in [1.29, 1.82) is 5.26 Å². The van der Waals surface area contributed by atoms with E-state index < -0.39 is 0 Å². The number of nitrogens with two attached hydrogens (primary N) is 1. The normalized spacial score (nSPS) is 9.61. The van der Waals surface area contributed by atoms with Crippen molar-refractivity contribution in [3.63, 3.8) is 0 Å². The lowest BCUT2D eigenvalue weighted by atomic mass is 10.1. The van der Waals surface area contributed by atoms with E-state index in [-0.39, 0.29) is 5.97 Å². The largest absolute Gasteiger partial charge is 0.462 e. The zero-order chi connectivity index (χ0) is 13.5. The molecular weight excluding hydrogens is 230 g/mol. The molecule has 1 aromatic rings. The second-order valence-corrected chi connectivity index (χ2v) is 3.82. The van der Waals surface area contributed by atoms with Crippen molar-refractivity contribution in [3.8, 4) is 6.07 Å². The first-order chi connectivity index (χ1) is 8.60. The Bertz CT molecular complexity index is 466. The summed E-state index contributed by atoms with van der Waals surface area (Å²) in [4.78, 5) is 13.5. The van der Waals surface area contributed by atoms with Crippen LogP contribution in [0.1, 0.15) is 23.7 Å². The number of nitriles is 1. The number of anilines is 2. The SMILES string of the molecule is CCOC(=O)c1ccc(N)c(N(C)CCC#N)c1. The van der Waals surface area contributed by atoms with E-state index in [1.807, 2.05) is 11.9 Å². The topological polar surface area (TPSA) is 79.3 Å². The molecule has 0 bridgehead atoms. The van der Waals surface area contributed by atoms with E-state index >= 15 is 0 Å². The van der Waals surface area contributed by atoms with Crippen LogP contribution in [0.3, 0.4) is 0 Å². The van der Waals surface area contributed by atoms with Crippen LogP contribution in [-0.4, -0.2) is 26.2 Å². The maximum Gasteiger partial charge on any atom is 0.338 e. The van der Waals surface area contributed by atoms with E-state index in [1.54, 1.807) is 25.1 Å². The lowest BCUT2D eigenvalue weighted by Gasteiger charge is -2.20. The Labute approximate surface area is 107 Å². The Balaban J connectivity index is 2.94. The van der Waals surface area contributed by atoms with Crippen molar-refractivity contribution < 1.29 is 9.53 Å². The van der Waals surface area contributed by atoms with Crippen LogP contribution in [0.15, 0.2) is 18.2 Å². The highest BCUT2D eigenvalue weighted by Crippen LogP contribution is 2.24. The van der Waals surface area contributed by atoms with Gasteiger partial charge in [0.1, 0.15) is 0 Å². The van der Waals surface area contributed by atoms with E-state index in [2.05, 4.69) is 6.07 Å². The van der Waals surface area contributed by atoms with Gasteiger partial charge in [-0.2, -0.15) is 5.26 Å². The Hall–Kier alpha value is -2.22. The van der Waals surface area contributed by atoms with Gasteiger partial charge in [0.15, 0.2) is 0 Å². The Kier molecular flexibility index (Phi) is 5.00. The molecule has 0 atom stereocenters. The van der Waals surface area contributed by atoms with E-state index in [0.29, 0.717) is 30.8 Å². The molecule has 0 aliphatic heterocycles. The number of hydrogen-bond donors (Lipinski definition) is 1. The highest BCUT2D eigenvalue weighted by molar-refractivity contribution is 5.92. The van der Waals surface area contributed by atoms with Crippen molar-refractivity contribution in [1.82, 2.24) is 0 Å². The summed E-state index contributed by atoms with van der Waals surface area (Å²) in [5, 5.41) is 8.56. The van der Waals surface area contributed by atoms with Crippen molar-refractivity contribution >= 4 is 17.3 Å². The first-order valence-corrected chi connectivity index (χ1v) is 5.74. The summed E-state index contributed by atoms with van der Waals surface area (Å²) in [5.74, 6) is -0.368. The molecule has 1 aromatic carbocycles. The minimum absolute atomic E-state index is 0.336. The Morgan fingerprint density at radius 2 is 2.28 bits per heavy atom. The Morgan fingerprint density at radius 3 is 2.89 bits per heavy atom. The fourth-order valence-corrected chi connectivity index (χ4v) is 1.55. The zero-order valence-corrected chi connectivity index (χ0v) is 10.6. The Morgan fingerprint density at radius 1 is 1.56 bits per heavy atom. The third-order valence-corrected chi connectivity index (χ3v) is 2.51. The van der Waals surface area contributed by atoms with Gasteiger partial charge >= 0.3 is 5.97 Å². The molecule has 0 spiro atoms. The van der Waals surface area contributed by atoms with E-state index in [4.69, 9.17) is 15.7 Å². The maximum atomic E-state index is 11.6. The summed E-state index contributed by atoms with van der Waals surface area (Å²) >= 11 is 0. The number of hydrogen-bond acceptors (Lipinski definition) is 5. The number of rotatable bonds is 5. The molecule has 0 saturated heterocycles. The van der Waals surface area contributed by atoms with Crippen molar-refractivity contribution in [2.45, 2.75) is 13.3 Å². The third kappa shape index (κ3) is 3.39. The molecule has 0 heterocycles. The fraction of sp³-hybridized carbons (Fsp3) is 0.385. The number of carbonyl (C=O) groups excluding carboxylic acids is 1. The predicted molar refractivity (Wildman–Crippen MR) is 70.3 cm³/mol. The number of carbonyl (C=O) groups is 1. The van der Waals surface area contributed by atoms with Gasteiger partial charge in [0.25, 0.3) is 0 Å². The second-order valence-electron chi connectivity index (χ2n) is 3.82. The minimum atomic E-state index is -0.368. The van der Waals surface area contributed by atoms with Gasteiger partial charge in [-0.05, 0) is 25.1 Å². The molecule has 96 valence electrons. The third-order valence-electron chi connectivity index (χ3n) is 2.51. The standard InChI is InChI=1S/C13H17N3O2/c1-3-18-13(17)10-5-6-11(15)12(9-10)16(2)8-4-7-14/h5-6,9H,3-4,8,15H2,1-2H3. The summed E-state index contributed by atoms with van der Waals surface area (Å²) in [7, 11) is 1.83. The maximum absolute atomic E-state index is 11.6. The van der Waals surface area contributed by atoms with Crippen LogP contribution in [0.25, 0.3) is 0 Å². The molecule has 0 aliphatic carbocycles.